The Morgan fingerprint density at radius 3 is 2.29 bits per heavy atom. The first kappa shape index (κ1) is 15.9. The van der Waals surface area contributed by atoms with E-state index in [1.165, 1.54) is 12.1 Å². The van der Waals surface area contributed by atoms with Gasteiger partial charge in [-0.25, -0.2) is 0 Å². The molecule has 0 aliphatic carbocycles. The van der Waals surface area contributed by atoms with Crippen LogP contribution in [0.1, 0.15) is 0 Å². The van der Waals surface area contributed by atoms with Crippen LogP contribution >= 0.6 is 0 Å². The molecule has 0 aliphatic heterocycles. The van der Waals surface area contributed by atoms with Gasteiger partial charge in [-0.3, -0.25) is 4.55 Å². The number of anilines is 1. The topological polar surface area (TPSA) is 125 Å². The average Bonchev–Trinajstić information content (AvgIpc) is 2.53. The number of aromatic hydroxyl groups is 1. The Bertz CT molecular complexity index is 1050. The number of benzene rings is 3. The van der Waals surface area contributed by atoms with Gasteiger partial charge in [0.1, 0.15) is 16.3 Å². The third-order valence-electron chi connectivity index (χ3n) is 3.38. The molecule has 3 aromatic rings. The lowest BCUT2D eigenvalue weighted by molar-refractivity contribution is 0.471. The Hall–Kier alpha value is -2.97. The van der Waals surface area contributed by atoms with Gasteiger partial charge >= 0.3 is 0 Å². The van der Waals surface area contributed by atoms with Crippen molar-refractivity contribution in [2.45, 2.75) is 4.90 Å². The molecule has 0 amide bonds. The summed E-state index contributed by atoms with van der Waals surface area (Å²) >= 11 is 0. The fourth-order valence-electron chi connectivity index (χ4n) is 2.29. The molecule has 0 unspecified atom stereocenters. The number of nitrogen functional groups attached to an aromatic ring is 1. The molecular formula is C16H13N3O4S. The highest BCUT2D eigenvalue weighted by Crippen LogP contribution is 2.40. The van der Waals surface area contributed by atoms with E-state index in [0.29, 0.717) is 16.8 Å². The zero-order valence-electron chi connectivity index (χ0n) is 12.3. The summed E-state index contributed by atoms with van der Waals surface area (Å²) in [6.45, 7) is 0. The van der Waals surface area contributed by atoms with E-state index < -0.39 is 15.0 Å². The van der Waals surface area contributed by atoms with Crippen LogP contribution in [-0.2, 0) is 10.1 Å². The smallest absolute Gasteiger partial charge is 0.296 e. The summed E-state index contributed by atoms with van der Waals surface area (Å²) in [6, 6.07) is 14.2. The lowest BCUT2D eigenvalue weighted by Crippen LogP contribution is -1.99. The molecule has 0 bridgehead atoms. The molecule has 0 saturated carbocycles. The molecule has 7 nitrogen and oxygen atoms in total. The first-order valence-corrected chi connectivity index (χ1v) is 8.30. The van der Waals surface area contributed by atoms with Crippen molar-refractivity contribution in [1.82, 2.24) is 0 Å². The van der Waals surface area contributed by atoms with Crippen molar-refractivity contribution >= 4 is 38.0 Å². The molecule has 0 aromatic heterocycles. The molecule has 0 heterocycles. The summed E-state index contributed by atoms with van der Waals surface area (Å²) in [5.74, 6) is -0.309. The highest BCUT2D eigenvalue weighted by Gasteiger charge is 2.21. The minimum Gasteiger partial charge on any atom is -0.507 e. The van der Waals surface area contributed by atoms with Gasteiger partial charge in [0.2, 0.25) is 0 Å². The summed E-state index contributed by atoms with van der Waals surface area (Å²) in [6.07, 6.45) is 0. The molecule has 8 heteroatoms. The van der Waals surface area contributed by atoms with Gasteiger partial charge in [0, 0.05) is 22.5 Å². The van der Waals surface area contributed by atoms with Gasteiger partial charge in [0.25, 0.3) is 10.1 Å². The molecule has 0 atom stereocenters. The van der Waals surface area contributed by atoms with Gasteiger partial charge in [-0.1, -0.05) is 18.2 Å². The SMILES string of the molecule is Nc1ccc2c(O)cc(S(=O)(=O)O)c(N=Nc3ccccc3)c2c1. The van der Waals surface area contributed by atoms with Crippen LogP contribution in [0.25, 0.3) is 10.8 Å². The maximum Gasteiger partial charge on any atom is 0.296 e. The highest BCUT2D eigenvalue weighted by molar-refractivity contribution is 7.86. The lowest BCUT2D eigenvalue weighted by atomic mass is 10.1. The van der Waals surface area contributed by atoms with E-state index in [4.69, 9.17) is 5.73 Å². The fraction of sp³-hybridized carbons (Fsp3) is 0. The summed E-state index contributed by atoms with van der Waals surface area (Å²) in [5, 5.41) is 18.6. The summed E-state index contributed by atoms with van der Waals surface area (Å²) < 4.78 is 32.8. The van der Waals surface area contributed by atoms with Crippen LogP contribution in [0.4, 0.5) is 17.1 Å². The number of hydrogen-bond acceptors (Lipinski definition) is 6. The average molecular weight is 343 g/mol. The number of rotatable bonds is 3. The first-order valence-electron chi connectivity index (χ1n) is 6.86. The monoisotopic (exact) mass is 343 g/mol. The molecule has 4 N–H and O–H groups in total. The zero-order chi connectivity index (χ0) is 17.3. The van der Waals surface area contributed by atoms with Crippen molar-refractivity contribution < 1.29 is 18.1 Å². The summed E-state index contributed by atoms with van der Waals surface area (Å²) in [7, 11) is -4.62. The maximum absolute atomic E-state index is 11.7. The predicted octanol–water partition coefficient (Wildman–Crippen LogP) is 3.79. The van der Waals surface area contributed by atoms with Crippen molar-refractivity contribution in [1.29, 1.82) is 0 Å². The molecule has 0 saturated heterocycles. The molecule has 0 spiro atoms. The van der Waals surface area contributed by atoms with Crippen molar-refractivity contribution in [3.05, 3.63) is 54.6 Å². The van der Waals surface area contributed by atoms with E-state index in [1.807, 2.05) is 0 Å². The molecule has 0 radical (unpaired) electrons. The third kappa shape index (κ3) is 3.05. The summed E-state index contributed by atoms with van der Waals surface area (Å²) in [5.41, 5.74) is 6.50. The quantitative estimate of drug-likeness (QED) is 0.379. The van der Waals surface area contributed by atoms with Gasteiger partial charge in [-0.05, 0) is 30.3 Å². The largest absolute Gasteiger partial charge is 0.507 e. The van der Waals surface area contributed by atoms with E-state index in [1.54, 1.807) is 36.4 Å². The highest BCUT2D eigenvalue weighted by atomic mass is 32.2. The maximum atomic E-state index is 11.7. The van der Waals surface area contributed by atoms with Crippen molar-refractivity contribution in [3.8, 4) is 5.75 Å². The molecule has 122 valence electrons. The Morgan fingerprint density at radius 1 is 0.917 bits per heavy atom. The lowest BCUT2D eigenvalue weighted by Gasteiger charge is -2.09. The third-order valence-corrected chi connectivity index (χ3v) is 4.24. The molecular weight excluding hydrogens is 330 g/mol. The van der Waals surface area contributed by atoms with E-state index >= 15 is 0 Å². The molecule has 0 fully saturated rings. The van der Waals surface area contributed by atoms with E-state index in [-0.39, 0.29) is 16.8 Å². The Labute approximate surface area is 137 Å². The van der Waals surface area contributed by atoms with E-state index in [9.17, 15) is 18.1 Å². The van der Waals surface area contributed by atoms with Crippen LogP contribution in [0.5, 0.6) is 5.75 Å². The second-order valence-corrected chi connectivity index (χ2v) is 6.45. The minimum absolute atomic E-state index is 0.0959. The van der Waals surface area contributed by atoms with E-state index in [0.717, 1.165) is 6.07 Å². The predicted molar refractivity (Wildman–Crippen MR) is 90.5 cm³/mol. The number of azo groups is 1. The second-order valence-electron chi connectivity index (χ2n) is 5.06. The van der Waals surface area contributed by atoms with Gasteiger partial charge < -0.3 is 10.8 Å². The fourth-order valence-corrected chi connectivity index (χ4v) is 2.94. The first-order chi connectivity index (χ1) is 11.4. The van der Waals surface area contributed by atoms with Crippen LogP contribution in [0, 0.1) is 0 Å². The standard InChI is InChI=1S/C16H13N3O4S/c17-10-6-7-12-13(8-10)16(15(9-14(12)20)24(21,22)23)19-18-11-4-2-1-3-5-11/h1-9,20H,17H2,(H,21,22,23). The molecule has 24 heavy (non-hydrogen) atoms. The molecule has 3 rings (SSSR count). The van der Waals surface area contributed by atoms with Crippen LogP contribution in [0.2, 0.25) is 0 Å². The Kier molecular flexibility index (Phi) is 3.92. The van der Waals surface area contributed by atoms with Gasteiger partial charge in [-0.15, -0.1) is 5.11 Å². The van der Waals surface area contributed by atoms with Crippen molar-refractivity contribution in [2.75, 3.05) is 5.73 Å². The van der Waals surface area contributed by atoms with Gasteiger partial charge in [0.15, 0.2) is 0 Å². The van der Waals surface area contributed by atoms with Crippen molar-refractivity contribution in [3.63, 3.8) is 0 Å². The Balaban J connectivity index is 2.32. The van der Waals surface area contributed by atoms with Crippen LogP contribution in [0.3, 0.4) is 0 Å². The van der Waals surface area contributed by atoms with Crippen LogP contribution in [-0.4, -0.2) is 18.1 Å². The number of phenols is 1. The van der Waals surface area contributed by atoms with E-state index in [2.05, 4.69) is 10.2 Å². The molecule has 0 aliphatic rings. The normalized spacial score (nSPS) is 12.0. The Morgan fingerprint density at radius 2 is 1.62 bits per heavy atom. The van der Waals surface area contributed by atoms with Gasteiger partial charge in [-0.2, -0.15) is 13.5 Å². The number of hydrogen-bond donors (Lipinski definition) is 3. The number of nitrogens with zero attached hydrogens (tertiary/aromatic N) is 2. The van der Waals surface area contributed by atoms with Crippen molar-refractivity contribution in [2.24, 2.45) is 10.2 Å². The molecule has 3 aromatic carbocycles. The number of phenolic OH excluding ortho intramolecular Hbond substituents is 1. The van der Waals surface area contributed by atoms with Gasteiger partial charge in [0.05, 0.1) is 5.69 Å². The number of nitrogens with two attached hydrogens (primary N) is 1. The zero-order valence-corrected chi connectivity index (χ0v) is 13.1. The van der Waals surface area contributed by atoms with Crippen LogP contribution in [0.15, 0.2) is 69.7 Å². The minimum atomic E-state index is -4.62. The second kappa shape index (κ2) is 5.91. The van der Waals surface area contributed by atoms with Crippen LogP contribution < -0.4 is 5.73 Å². The summed E-state index contributed by atoms with van der Waals surface area (Å²) in [4.78, 5) is -0.544. The number of fused-ring (bicyclic) bond motifs is 1.